The van der Waals surface area contributed by atoms with Crippen LogP contribution in [-0.2, 0) is 4.79 Å². The van der Waals surface area contributed by atoms with Gasteiger partial charge in [-0.2, -0.15) is 0 Å². The topological polar surface area (TPSA) is 94.8 Å². The molecule has 0 amide bonds. The molecule has 0 radical (unpaired) electrons. The maximum absolute atomic E-state index is 12.3. The van der Waals surface area contributed by atoms with E-state index in [1.54, 1.807) is 18.2 Å². The monoisotopic (exact) mass is 284 g/mol. The van der Waals surface area contributed by atoms with Crippen LogP contribution in [-0.4, -0.2) is 33.2 Å². The maximum Gasteiger partial charge on any atom is 0.335 e. The highest BCUT2D eigenvalue weighted by Crippen LogP contribution is 2.37. The summed E-state index contributed by atoms with van der Waals surface area (Å²) in [7, 11) is 0. The van der Waals surface area contributed by atoms with Crippen LogP contribution in [0.15, 0.2) is 42.5 Å². The SMILES string of the molecule is O=C1c2ccccc2-c2ccc(C(O)C(O)C(=O)O)cc21. The van der Waals surface area contributed by atoms with Crippen molar-refractivity contribution >= 4 is 11.8 Å². The van der Waals surface area contributed by atoms with Gasteiger partial charge in [0, 0.05) is 11.1 Å². The van der Waals surface area contributed by atoms with Crippen LogP contribution in [0.4, 0.5) is 0 Å². The van der Waals surface area contributed by atoms with E-state index in [4.69, 9.17) is 5.11 Å². The first kappa shape index (κ1) is 13.5. The highest BCUT2D eigenvalue weighted by molar-refractivity contribution is 6.21. The standard InChI is InChI=1S/C16H12O5/c17-13(15(19)16(20)21)8-5-6-10-9-3-1-2-4-11(9)14(18)12(10)7-8/h1-7,13,15,17,19H,(H,20,21). The highest BCUT2D eigenvalue weighted by atomic mass is 16.4. The molecule has 0 saturated heterocycles. The molecule has 0 bridgehead atoms. The highest BCUT2D eigenvalue weighted by Gasteiger charge is 2.30. The number of rotatable bonds is 3. The Morgan fingerprint density at radius 3 is 2.19 bits per heavy atom. The lowest BCUT2D eigenvalue weighted by Gasteiger charge is -2.15. The van der Waals surface area contributed by atoms with Gasteiger partial charge < -0.3 is 15.3 Å². The van der Waals surface area contributed by atoms with Crippen LogP contribution in [0.1, 0.15) is 27.6 Å². The minimum absolute atomic E-state index is 0.167. The third-order valence-electron chi connectivity index (χ3n) is 3.64. The summed E-state index contributed by atoms with van der Waals surface area (Å²) in [5.41, 5.74) is 2.75. The van der Waals surface area contributed by atoms with Crippen molar-refractivity contribution in [1.29, 1.82) is 0 Å². The number of ketones is 1. The smallest absolute Gasteiger partial charge is 0.335 e. The van der Waals surface area contributed by atoms with Crippen LogP contribution in [0.2, 0.25) is 0 Å². The molecule has 2 unspecified atom stereocenters. The van der Waals surface area contributed by atoms with Gasteiger partial charge in [-0.1, -0.05) is 36.4 Å². The summed E-state index contributed by atoms with van der Waals surface area (Å²) in [4.78, 5) is 23.0. The molecule has 106 valence electrons. The molecule has 0 saturated carbocycles. The van der Waals surface area contributed by atoms with Gasteiger partial charge in [0.1, 0.15) is 6.10 Å². The van der Waals surface area contributed by atoms with Crippen molar-refractivity contribution in [3.63, 3.8) is 0 Å². The Kier molecular flexibility index (Phi) is 3.08. The van der Waals surface area contributed by atoms with E-state index in [1.807, 2.05) is 12.1 Å². The van der Waals surface area contributed by atoms with Gasteiger partial charge in [0.25, 0.3) is 0 Å². The summed E-state index contributed by atoms with van der Waals surface area (Å²) >= 11 is 0. The summed E-state index contributed by atoms with van der Waals surface area (Å²) < 4.78 is 0. The molecule has 2 aromatic carbocycles. The Labute approximate surface area is 120 Å². The van der Waals surface area contributed by atoms with Gasteiger partial charge in [0.2, 0.25) is 0 Å². The predicted octanol–water partition coefficient (Wildman–Crippen LogP) is 1.38. The zero-order valence-electron chi connectivity index (χ0n) is 10.9. The van der Waals surface area contributed by atoms with Gasteiger partial charge in [0.15, 0.2) is 11.9 Å². The molecule has 0 heterocycles. The molecule has 0 aliphatic heterocycles. The van der Waals surface area contributed by atoms with Crippen molar-refractivity contribution in [3.05, 3.63) is 59.2 Å². The van der Waals surface area contributed by atoms with Crippen LogP contribution in [0, 0.1) is 0 Å². The number of hydrogen-bond donors (Lipinski definition) is 3. The predicted molar refractivity (Wildman–Crippen MR) is 73.9 cm³/mol. The third-order valence-corrected chi connectivity index (χ3v) is 3.64. The van der Waals surface area contributed by atoms with Crippen molar-refractivity contribution < 1.29 is 24.9 Å². The normalized spacial score (nSPS) is 15.2. The first-order valence-corrected chi connectivity index (χ1v) is 6.37. The van der Waals surface area contributed by atoms with Crippen molar-refractivity contribution in [2.75, 3.05) is 0 Å². The van der Waals surface area contributed by atoms with Gasteiger partial charge in [0.05, 0.1) is 0 Å². The average Bonchev–Trinajstić information content (AvgIpc) is 2.79. The Balaban J connectivity index is 2.05. The number of aliphatic carboxylic acids is 1. The molecule has 1 aliphatic rings. The second kappa shape index (κ2) is 4.80. The van der Waals surface area contributed by atoms with Gasteiger partial charge in [-0.25, -0.2) is 4.79 Å². The van der Waals surface area contributed by atoms with E-state index >= 15 is 0 Å². The second-order valence-electron chi connectivity index (χ2n) is 4.91. The van der Waals surface area contributed by atoms with Gasteiger partial charge in [-0.3, -0.25) is 4.79 Å². The van der Waals surface area contributed by atoms with Gasteiger partial charge in [-0.05, 0) is 22.8 Å². The van der Waals surface area contributed by atoms with E-state index in [-0.39, 0.29) is 11.3 Å². The van der Waals surface area contributed by atoms with Gasteiger partial charge >= 0.3 is 5.97 Å². The first-order valence-electron chi connectivity index (χ1n) is 6.37. The summed E-state index contributed by atoms with van der Waals surface area (Å²) in [6.07, 6.45) is -3.51. The Morgan fingerprint density at radius 1 is 0.905 bits per heavy atom. The summed E-state index contributed by atoms with van der Waals surface area (Å²) in [5.74, 6) is -1.68. The number of benzene rings is 2. The molecule has 2 atom stereocenters. The van der Waals surface area contributed by atoms with E-state index in [0.29, 0.717) is 11.1 Å². The molecule has 0 aromatic heterocycles. The van der Waals surface area contributed by atoms with Crippen molar-refractivity contribution in [1.82, 2.24) is 0 Å². The van der Waals surface area contributed by atoms with Crippen LogP contribution >= 0.6 is 0 Å². The number of carboxylic acids is 1. The molecule has 0 fully saturated rings. The second-order valence-corrected chi connectivity index (χ2v) is 4.91. The molecule has 5 nitrogen and oxygen atoms in total. The Bertz CT molecular complexity index is 750. The minimum Gasteiger partial charge on any atom is -0.479 e. The fraction of sp³-hybridized carbons (Fsp3) is 0.125. The lowest BCUT2D eigenvalue weighted by atomic mass is 9.98. The lowest BCUT2D eigenvalue weighted by Crippen LogP contribution is -2.27. The zero-order chi connectivity index (χ0) is 15.1. The molecule has 3 rings (SSSR count). The Hall–Kier alpha value is -2.50. The maximum atomic E-state index is 12.3. The van der Waals surface area contributed by atoms with Crippen LogP contribution in [0.3, 0.4) is 0 Å². The fourth-order valence-electron chi connectivity index (χ4n) is 2.55. The number of carbonyl (C=O) groups is 2. The van der Waals surface area contributed by atoms with Gasteiger partial charge in [-0.15, -0.1) is 0 Å². The molecule has 5 heteroatoms. The van der Waals surface area contributed by atoms with Crippen molar-refractivity contribution in [2.45, 2.75) is 12.2 Å². The molecule has 3 N–H and O–H groups in total. The number of carbonyl (C=O) groups excluding carboxylic acids is 1. The van der Waals surface area contributed by atoms with E-state index in [2.05, 4.69) is 0 Å². The number of aliphatic hydroxyl groups excluding tert-OH is 2. The molecular weight excluding hydrogens is 272 g/mol. The lowest BCUT2D eigenvalue weighted by molar-refractivity contribution is -0.153. The van der Waals surface area contributed by atoms with Crippen molar-refractivity contribution in [3.8, 4) is 11.1 Å². The van der Waals surface area contributed by atoms with E-state index < -0.39 is 18.2 Å². The summed E-state index contributed by atoms with van der Waals surface area (Å²) in [6, 6.07) is 11.8. The van der Waals surface area contributed by atoms with E-state index in [1.165, 1.54) is 12.1 Å². The molecule has 2 aromatic rings. The van der Waals surface area contributed by atoms with E-state index in [0.717, 1.165) is 11.1 Å². The van der Waals surface area contributed by atoms with E-state index in [9.17, 15) is 19.8 Å². The number of fused-ring (bicyclic) bond motifs is 3. The zero-order valence-corrected chi connectivity index (χ0v) is 10.9. The molecule has 0 spiro atoms. The van der Waals surface area contributed by atoms with Crippen molar-refractivity contribution in [2.24, 2.45) is 0 Å². The molecular formula is C16H12O5. The van der Waals surface area contributed by atoms with Crippen LogP contribution in [0.5, 0.6) is 0 Å². The molecule has 1 aliphatic carbocycles. The average molecular weight is 284 g/mol. The fourth-order valence-corrected chi connectivity index (χ4v) is 2.55. The molecule has 21 heavy (non-hydrogen) atoms. The largest absolute Gasteiger partial charge is 0.479 e. The van der Waals surface area contributed by atoms with Crippen LogP contribution in [0.25, 0.3) is 11.1 Å². The quantitative estimate of drug-likeness (QED) is 0.675. The Morgan fingerprint density at radius 2 is 1.52 bits per heavy atom. The summed E-state index contributed by atoms with van der Waals surface area (Å²) in [6.45, 7) is 0. The number of aliphatic hydroxyl groups is 2. The number of hydrogen-bond acceptors (Lipinski definition) is 4. The third kappa shape index (κ3) is 2.03. The minimum atomic E-state index is -1.93. The number of carboxylic acid groups (broad SMARTS) is 1. The summed E-state index contributed by atoms with van der Waals surface area (Å²) in [5, 5.41) is 28.0. The first-order chi connectivity index (χ1) is 10.0. The van der Waals surface area contributed by atoms with Crippen LogP contribution < -0.4 is 0 Å².